The predicted molar refractivity (Wildman–Crippen MR) is 88.5 cm³/mol. The molecule has 0 aliphatic carbocycles. The van der Waals surface area contributed by atoms with Crippen molar-refractivity contribution < 1.29 is 0 Å². The van der Waals surface area contributed by atoms with Gasteiger partial charge in [0.25, 0.3) is 0 Å². The molecule has 106 valence electrons. The molecule has 0 aromatic heterocycles. The van der Waals surface area contributed by atoms with Gasteiger partial charge in [-0.2, -0.15) is 0 Å². The van der Waals surface area contributed by atoms with E-state index in [-0.39, 0.29) is 0 Å². The first-order chi connectivity index (χ1) is 9.72. The molecule has 1 N–H and O–H groups in total. The fourth-order valence-electron chi connectivity index (χ4n) is 2.33. The lowest BCUT2D eigenvalue weighted by atomic mass is 10.1. The number of hydrogen-bond acceptors (Lipinski definition) is 2. The largest absolute Gasteiger partial charge is 0.310 e. The molecule has 0 amide bonds. The van der Waals surface area contributed by atoms with Crippen LogP contribution in [0.4, 0.5) is 0 Å². The van der Waals surface area contributed by atoms with Crippen molar-refractivity contribution in [3.05, 3.63) is 59.7 Å². The summed E-state index contributed by atoms with van der Waals surface area (Å²) in [5.41, 5.74) is 2.69. The van der Waals surface area contributed by atoms with Crippen molar-refractivity contribution in [2.45, 2.75) is 43.0 Å². The molecular formula is C18H23NS. The Hall–Kier alpha value is -1.25. The molecule has 2 aromatic rings. The van der Waals surface area contributed by atoms with Crippen molar-refractivity contribution in [2.75, 3.05) is 6.54 Å². The van der Waals surface area contributed by atoms with Crippen molar-refractivity contribution in [3.8, 4) is 0 Å². The van der Waals surface area contributed by atoms with Gasteiger partial charge in [-0.05, 0) is 49.7 Å². The van der Waals surface area contributed by atoms with Gasteiger partial charge in [0.1, 0.15) is 0 Å². The Bertz CT molecular complexity index is 533. The van der Waals surface area contributed by atoms with E-state index in [2.05, 4.69) is 74.6 Å². The van der Waals surface area contributed by atoms with E-state index < -0.39 is 0 Å². The smallest absolute Gasteiger partial charge is 0.0317 e. The van der Waals surface area contributed by atoms with Crippen molar-refractivity contribution in [1.29, 1.82) is 0 Å². The zero-order valence-corrected chi connectivity index (χ0v) is 13.3. The highest BCUT2D eigenvalue weighted by Gasteiger charge is 2.07. The van der Waals surface area contributed by atoms with Crippen LogP contribution in [-0.2, 0) is 0 Å². The van der Waals surface area contributed by atoms with E-state index in [0.29, 0.717) is 6.04 Å². The summed E-state index contributed by atoms with van der Waals surface area (Å²) in [6.45, 7) is 7.53. The molecule has 0 spiro atoms. The van der Waals surface area contributed by atoms with Gasteiger partial charge in [-0.25, -0.2) is 0 Å². The Morgan fingerprint density at radius 2 is 1.75 bits per heavy atom. The quantitative estimate of drug-likeness (QED) is 0.782. The Labute approximate surface area is 126 Å². The Morgan fingerprint density at radius 3 is 2.35 bits per heavy atom. The monoisotopic (exact) mass is 285 g/mol. The third kappa shape index (κ3) is 4.12. The SMILES string of the molecule is CCNC(CC)c1ccc(Sc2cccc(C)c2)cc1. The molecule has 0 aliphatic rings. The zero-order chi connectivity index (χ0) is 14.4. The summed E-state index contributed by atoms with van der Waals surface area (Å²) in [7, 11) is 0. The van der Waals surface area contributed by atoms with Gasteiger partial charge in [0.2, 0.25) is 0 Å². The van der Waals surface area contributed by atoms with Crippen molar-refractivity contribution in [2.24, 2.45) is 0 Å². The minimum absolute atomic E-state index is 0.470. The van der Waals surface area contributed by atoms with Gasteiger partial charge >= 0.3 is 0 Å². The maximum absolute atomic E-state index is 3.52. The summed E-state index contributed by atoms with van der Waals surface area (Å²) < 4.78 is 0. The molecule has 1 atom stereocenters. The molecule has 0 radical (unpaired) electrons. The van der Waals surface area contributed by atoms with E-state index in [1.807, 2.05) is 11.8 Å². The molecule has 1 unspecified atom stereocenters. The lowest BCUT2D eigenvalue weighted by molar-refractivity contribution is 0.537. The lowest BCUT2D eigenvalue weighted by Gasteiger charge is -2.16. The van der Waals surface area contributed by atoms with E-state index in [4.69, 9.17) is 0 Å². The minimum Gasteiger partial charge on any atom is -0.310 e. The Balaban J connectivity index is 2.08. The third-order valence-corrected chi connectivity index (χ3v) is 4.36. The van der Waals surface area contributed by atoms with Gasteiger partial charge in [-0.15, -0.1) is 0 Å². The summed E-state index contributed by atoms with van der Waals surface area (Å²) >= 11 is 1.82. The van der Waals surface area contributed by atoms with Crippen LogP contribution in [-0.4, -0.2) is 6.54 Å². The highest BCUT2D eigenvalue weighted by atomic mass is 32.2. The second-order valence-corrected chi connectivity index (χ2v) is 6.15. The number of benzene rings is 2. The average molecular weight is 285 g/mol. The van der Waals surface area contributed by atoms with Gasteiger partial charge in [0, 0.05) is 15.8 Å². The van der Waals surface area contributed by atoms with Gasteiger partial charge < -0.3 is 5.32 Å². The fraction of sp³-hybridized carbons (Fsp3) is 0.333. The first-order valence-corrected chi connectivity index (χ1v) is 8.12. The normalized spacial score (nSPS) is 12.3. The van der Waals surface area contributed by atoms with Crippen LogP contribution in [0.1, 0.15) is 37.4 Å². The molecule has 0 saturated carbocycles. The predicted octanol–water partition coefficient (Wildman–Crippen LogP) is 5.21. The van der Waals surface area contributed by atoms with Crippen LogP contribution < -0.4 is 5.32 Å². The minimum atomic E-state index is 0.470. The van der Waals surface area contributed by atoms with Gasteiger partial charge in [0.15, 0.2) is 0 Å². The molecule has 2 aromatic carbocycles. The maximum Gasteiger partial charge on any atom is 0.0317 e. The molecule has 0 saturated heterocycles. The van der Waals surface area contributed by atoms with E-state index in [1.165, 1.54) is 20.9 Å². The molecule has 0 aliphatic heterocycles. The standard InChI is InChI=1S/C18H23NS/c1-4-18(19-5-2)15-9-11-16(12-10-15)20-17-8-6-7-14(3)13-17/h6-13,18-19H,4-5H2,1-3H3. The summed E-state index contributed by atoms with van der Waals surface area (Å²) in [4.78, 5) is 2.60. The lowest BCUT2D eigenvalue weighted by Crippen LogP contribution is -2.19. The van der Waals surface area contributed by atoms with E-state index in [0.717, 1.165) is 13.0 Å². The number of hydrogen-bond donors (Lipinski definition) is 1. The van der Waals surface area contributed by atoms with Crippen LogP contribution in [0.15, 0.2) is 58.3 Å². The average Bonchev–Trinajstić information content (AvgIpc) is 2.46. The highest BCUT2D eigenvalue weighted by Crippen LogP contribution is 2.29. The van der Waals surface area contributed by atoms with Crippen molar-refractivity contribution in [3.63, 3.8) is 0 Å². The third-order valence-electron chi connectivity index (χ3n) is 3.37. The van der Waals surface area contributed by atoms with Crippen molar-refractivity contribution >= 4 is 11.8 Å². The molecule has 2 rings (SSSR count). The summed E-state index contributed by atoms with van der Waals surface area (Å²) in [5, 5.41) is 3.52. The molecule has 0 heterocycles. The van der Waals surface area contributed by atoms with Crippen LogP contribution in [0.3, 0.4) is 0 Å². The van der Waals surface area contributed by atoms with Crippen LogP contribution in [0, 0.1) is 6.92 Å². The summed E-state index contributed by atoms with van der Waals surface area (Å²) in [6.07, 6.45) is 1.12. The van der Waals surface area contributed by atoms with E-state index >= 15 is 0 Å². The summed E-state index contributed by atoms with van der Waals surface area (Å²) in [6, 6.07) is 18.1. The number of nitrogens with one attached hydrogen (secondary N) is 1. The molecule has 2 heteroatoms. The second-order valence-electron chi connectivity index (χ2n) is 5.01. The molecular weight excluding hydrogens is 262 g/mol. The number of rotatable bonds is 6. The number of aryl methyl sites for hydroxylation is 1. The highest BCUT2D eigenvalue weighted by molar-refractivity contribution is 7.99. The summed E-state index contributed by atoms with van der Waals surface area (Å²) in [5.74, 6) is 0. The molecule has 0 fully saturated rings. The fourth-order valence-corrected chi connectivity index (χ4v) is 3.26. The van der Waals surface area contributed by atoms with Crippen LogP contribution >= 0.6 is 11.8 Å². The van der Waals surface area contributed by atoms with Gasteiger partial charge in [-0.1, -0.05) is 55.4 Å². The second kappa shape index (κ2) is 7.51. The van der Waals surface area contributed by atoms with Gasteiger partial charge in [-0.3, -0.25) is 0 Å². The maximum atomic E-state index is 3.52. The van der Waals surface area contributed by atoms with Gasteiger partial charge in [0.05, 0.1) is 0 Å². The first kappa shape index (κ1) is 15.1. The Morgan fingerprint density at radius 1 is 1.00 bits per heavy atom. The van der Waals surface area contributed by atoms with E-state index in [9.17, 15) is 0 Å². The van der Waals surface area contributed by atoms with Crippen LogP contribution in [0.5, 0.6) is 0 Å². The zero-order valence-electron chi connectivity index (χ0n) is 12.5. The molecule has 0 bridgehead atoms. The topological polar surface area (TPSA) is 12.0 Å². The van der Waals surface area contributed by atoms with E-state index in [1.54, 1.807) is 0 Å². The first-order valence-electron chi connectivity index (χ1n) is 7.30. The Kier molecular flexibility index (Phi) is 5.69. The van der Waals surface area contributed by atoms with Crippen LogP contribution in [0.25, 0.3) is 0 Å². The molecule has 1 nitrogen and oxygen atoms in total. The molecule has 20 heavy (non-hydrogen) atoms. The van der Waals surface area contributed by atoms with Crippen LogP contribution in [0.2, 0.25) is 0 Å². The van der Waals surface area contributed by atoms with Crippen molar-refractivity contribution in [1.82, 2.24) is 5.32 Å².